The number of non-ortho nitro benzene ring substituents is 1. The highest BCUT2D eigenvalue weighted by molar-refractivity contribution is 5.96. The summed E-state index contributed by atoms with van der Waals surface area (Å²) in [6, 6.07) is 9.20. The Labute approximate surface area is 180 Å². The maximum atomic E-state index is 12.9. The van der Waals surface area contributed by atoms with E-state index in [1.54, 1.807) is 26.0 Å². The first kappa shape index (κ1) is 22.1. The number of nitro benzene ring substituents is 1. The molecule has 0 radical (unpaired) electrons. The average molecular weight is 427 g/mol. The standard InChI is InChI=1S/C22H25N3O6/c1-4-23(22(27)15-5-7-18(8-6-15)25(28)29)14-21(26)24-10-9-16-11-19(30-2)20(31-3)12-17(16)13-24/h5-8,11-12H,4,9-10,13-14H2,1-3H3. The molecule has 9 nitrogen and oxygen atoms in total. The number of hydrogen-bond acceptors (Lipinski definition) is 6. The van der Waals surface area contributed by atoms with Gasteiger partial charge in [0, 0.05) is 37.3 Å². The van der Waals surface area contributed by atoms with Crippen molar-refractivity contribution in [1.29, 1.82) is 0 Å². The van der Waals surface area contributed by atoms with Gasteiger partial charge >= 0.3 is 0 Å². The summed E-state index contributed by atoms with van der Waals surface area (Å²) in [6.07, 6.45) is 0.684. The van der Waals surface area contributed by atoms with Crippen LogP contribution in [0, 0.1) is 10.1 Å². The van der Waals surface area contributed by atoms with Gasteiger partial charge in [-0.05, 0) is 48.7 Å². The summed E-state index contributed by atoms with van der Waals surface area (Å²) in [5.74, 6) is 0.776. The zero-order chi connectivity index (χ0) is 22.5. The first-order chi connectivity index (χ1) is 14.9. The highest BCUT2D eigenvalue weighted by Gasteiger charge is 2.26. The number of carbonyl (C=O) groups excluding carboxylic acids is 2. The van der Waals surface area contributed by atoms with Crippen molar-refractivity contribution in [1.82, 2.24) is 9.80 Å². The molecule has 0 saturated carbocycles. The summed E-state index contributed by atoms with van der Waals surface area (Å²) >= 11 is 0. The Morgan fingerprint density at radius 2 is 1.71 bits per heavy atom. The van der Waals surface area contributed by atoms with Crippen LogP contribution in [0.3, 0.4) is 0 Å². The lowest BCUT2D eigenvalue weighted by atomic mass is 9.98. The minimum absolute atomic E-state index is 0.0606. The Morgan fingerprint density at radius 1 is 1.10 bits per heavy atom. The summed E-state index contributed by atoms with van der Waals surface area (Å²) < 4.78 is 10.7. The van der Waals surface area contributed by atoms with E-state index in [2.05, 4.69) is 0 Å². The molecule has 0 N–H and O–H groups in total. The molecule has 0 aromatic heterocycles. The number of methoxy groups -OCH3 is 2. The molecule has 31 heavy (non-hydrogen) atoms. The van der Waals surface area contributed by atoms with E-state index in [1.807, 2.05) is 12.1 Å². The molecule has 0 saturated heterocycles. The maximum Gasteiger partial charge on any atom is 0.269 e. The first-order valence-electron chi connectivity index (χ1n) is 9.93. The molecule has 2 aromatic rings. The minimum Gasteiger partial charge on any atom is -0.493 e. The Morgan fingerprint density at radius 3 is 2.26 bits per heavy atom. The maximum absolute atomic E-state index is 12.9. The number of benzene rings is 2. The van der Waals surface area contributed by atoms with Crippen molar-refractivity contribution >= 4 is 17.5 Å². The molecule has 164 valence electrons. The number of ether oxygens (including phenoxy) is 2. The number of fused-ring (bicyclic) bond motifs is 1. The molecule has 0 unspecified atom stereocenters. The second-order valence-corrected chi connectivity index (χ2v) is 7.16. The molecule has 3 rings (SSSR count). The molecule has 2 aromatic carbocycles. The molecule has 1 aliphatic heterocycles. The third-order valence-electron chi connectivity index (χ3n) is 5.39. The van der Waals surface area contributed by atoms with Crippen molar-refractivity contribution in [3.63, 3.8) is 0 Å². The first-order valence-corrected chi connectivity index (χ1v) is 9.93. The number of hydrogen-bond donors (Lipinski definition) is 0. The van der Waals surface area contributed by atoms with Gasteiger partial charge in [0.15, 0.2) is 11.5 Å². The van der Waals surface area contributed by atoms with Crippen LogP contribution in [-0.4, -0.2) is 60.4 Å². The van der Waals surface area contributed by atoms with Crippen LogP contribution in [0.15, 0.2) is 36.4 Å². The van der Waals surface area contributed by atoms with E-state index < -0.39 is 4.92 Å². The normalized spacial score (nSPS) is 12.7. The monoisotopic (exact) mass is 427 g/mol. The summed E-state index contributed by atoms with van der Waals surface area (Å²) in [6.45, 7) is 3.05. The van der Waals surface area contributed by atoms with Gasteiger partial charge in [0.1, 0.15) is 6.54 Å². The topological polar surface area (TPSA) is 102 Å². The lowest BCUT2D eigenvalue weighted by Crippen LogP contribution is -2.44. The van der Waals surface area contributed by atoms with E-state index >= 15 is 0 Å². The van der Waals surface area contributed by atoms with E-state index in [-0.39, 0.29) is 24.0 Å². The van der Waals surface area contributed by atoms with Crippen LogP contribution in [-0.2, 0) is 17.8 Å². The van der Waals surface area contributed by atoms with Gasteiger partial charge in [-0.15, -0.1) is 0 Å². The van der Waals surface area contributed by atoms with Gasteiger partial charge < -0.3 is 19.3 Å². The Balaban J connectivity index is 1.70. The van der Waals surface area contributed by atoms with Gasteiger partial charge in [-0.25, -0.2) is 0 Å². The summed E-state index contributed by atoms with van der Waals surface area (Å²) in [4.78, 5) is 39.1. The van der Waals surface area contributed by atoms with Crippen LogP contribution < -0.4 is 9.47 Å². The van der Waals surface area contributed by atoms with Gasteiger partial charge in [0.2, 0.25) is 5.91 Å². The molecule has 9 heteroatoms. The van der Waals surface area contributed by atoms with Crippen LogP contribution >= 0.6 is 0 Å². The fourth-order valence-electron chi connectivity index (χ4n) is 3.59. The Hall–Kier alpha value is -3.62. The Kier molecular flexibility index (Phi) is 6.74. The highest BCUT2D eigenvalue weighted by atomic mass is 16.6. The smallest absolute Gasteiger partial charge is 0.269 e. The van der Waals surface area contributed by atoms with Crippen molar-refractivity contribution in [3.05, 3.63) is 63.2 Å². The minimum atomic E-state index is -0.520. The SMILES string of the molecule is CCN(CC(=O)N1CCc2cc(OC)c(OC)cc2C1)C(=O)c1ccc([N+](=O)[O-])cc1. The number of likely N-dealkylation sites (N-methyl/N-ethyl adjacent to an activating group) is 1. The molecule has 2 amide bonds. The molecule has 0 fully saturated rings. The van der Waals surface area contributed by atoms with Gasteiger partial charge in [-0.1, -0.05) is 0 Å². The molecule has 0 spiro atoms. The van der Waals surface area contributed by atoms with Crippen molar-refractivity contribution in [2.24, 2.45) is 0 Å². The quantitative estimate of drug-likeness (QED) is 0.497. The Bertz CT molecular complexity index is 989. The lowest BCUT2D eigenvalue weighted by Gasteiger charge is -2.31. The lowest BCUT2D eigenvalue weighted by molar-refractivity contribution is -0.384. The van der Waals surface area contributed by atoms with Gasteiger partial charge in [-0.3, -0.25) is 19.7 Å². The van der Waals surface area contributed by atoms with E-state index in [4.69, 9.17) is 9.47 Å². The summed E-state index contributed by atoms with van der Waals surface area (Å²) in [5.41, 5.74) is 2.31. The predicted molar refractivity (Wildman–Crippen MR) is 113 cm³/mol. The summed E-state index contributed by atoms with van der Waals surface area (Å²) in [7, 11) is 3.16. The molecule has 1 aliphatic rings. The highest BCUT2D eigenvalue weighted by Crippen LogP contribution is 2.33. The van der Waals surface area contributed by atoms with Gasteiger partial charge in [-0.2, -0.15) is 0 Å². The average Bonchev–Trinajstić information content (AvgIpc) is 2.80. The molecule has 0 atom stereocenters. The van der Waals surface area contributed by atoms with Crippen LogP contribution in [0.5, 0.6) is 11.5 Å². The summed E-state index contributed by atoms with van der Waals surface area (Å²) in [5, 5.41) is 10.8. The number of amides is 2. The van der Waals surface area contributed by atoms with E-state index in [9.17, 15) is 19.7 Å². The predicted octanol–water partition coefficient (Wildman–Crippen LogP) is 2.66. The van der Waals surface area contributed by atoms with Crippen LogP contribution in [0.1, 0.15) is 28.4 Å². The zero-order valence-electron chi connectivity index (χ0n) is 17.8. The van der Waals surface area contributed by atoms with Crippen LogP contribution in [0.25, 0.3) is 0 Å². The number of nitrogens with zero attached hydrogens (tertiary/aromatic N) is 3. The number of nitro groups is 1. The zero-order valence-corrected chi connectivity index (χ0v) is 17.8. The van der Waals surface area contributed by atoms with Crippen molar-refractivity contribution < 1.29 is 24.0 Å². The second kappa shape index (κ2) is 9.46. The van der Waals surface area contributed by atoms with E-state index in [1.165, 1.54) is 29.2 Å². The molecular weight excluding hydrogens is 402 g/mol. The van der Waals surface area contributed by atoms with Crippen molar-refractivity contribution in [2.75, 3.05) is 33.9 Å². The third kappa shape index (κ3) is 4.76. The number of rotatable bonds is 7. The molecule has 0 aliphatic carbocycles. The van der Waals surface area contributed by atoms with Gasteiger partial charge in [0.25, 0.3) is 11.6 Å². The third-order valence-corrected chi connectivity index (χ3v) is 5.39. The van der Waals surface area contributed by atoms with Gasteiger partial charge in [0.05, 0.1) is 19.1 Å². The van der Waals surface area contributed by atoms with Crippen LogP contribution in [0.4, 0.5) is 5.69 Å². The fourth-order valence-corrected chi connectivity index (χ4v) is 3.59. The van der Waals surface area contributed by atoms with E-state index in [0.29, 0.717) is 43.1 Å². The van der Waals surface area contributed by atoms with E-state index in [0.717, 1.165) is 11.1 Å². The molecule has 1 heterocycles. The molecular formula is C22H25N3O6. The second-order valence-electron chi connectivity index (χ2n) is 7.16. The van der Waals surface area contributed by atoms with Crippen LogP contribution in [0.2, 0.25) is 0 Å². The molecule has 0 bridgehead atoms. The fraction of sp³-hybridized carbons (Fsp3) is 0.364. The van der Waals surface area contributed by atoms with Crippen molar-refractivity contribution in [3.8, 4) is 11.5 Å². The largest absolute Gasteiger partial charge is 0.493 e. The van der Waals surface area contributed by atoms with Crippen molar-refractivity contribution in [2.45, 2.75) is 19.9 Å². The number of carbonyl (C=O) groups is 2.